The molecule has 0 radical (unpaired) electrons. The number of hydrogen-bond acceptors (Lipinski definition) is 4. The van der Waals surface area contributed by atoms with E-state index in [4.69, 9.17) is 5.11 Å². The molecule has 1 aliphatic carbocycles. The smallest absolute Gasteiger partial charge is 0.329 e. The number of carbonyl (C=O) groups is 2. The Bertz CT molecular complexity index is 453. The first-order chi connectivity index (χ1) is 8.71. The molecule has 110 valence electrons. The van der Waals surface area contributed by atoms with Crippen LogP contribution in [0, 0.1) is 0 Å². The molecular formula is C12H21NO5S. The molecule has 0 aromatic carbocycles. The van der Waals surface area contributed by atoms with Gasteiger partial charge in [-0.1, -0.05) is 19.8 Å². The molecule has 0 aromatic rings. The van der Waals surface area contributed by atoms with E-state index in [1.807, 2.05) is 0 Å². The van der Waals surface area contributed by atoms with Crippen molar-refractivity contribution in [2.75, 3.05) is 5.75 Å². The summed E-state index contributed by atoms with van der Waals surface area (Å²) in [4.78, 5) is 22.8. The minimum absolute atomic E-state index is 0.192. The lowest BCUT2D eigenvalue weighted by atomic mass is 9.99. The maximum atomic E-state index is 12.0. The standard InChI is InChI=1S/C12H21NO5S/c1-3-12(2,11(15)16)13-10(14)8-19(17,18)9-6-4-5-7-9/h9H,3-8H2,1-2H3,(H,13,14)(H,15,16). The van der Waals surface area contributed by atoms with Crippen LogP contribution in [0.3, 0.4) is 0 Å². The molecule has 0 spiro atoms. The molecule has 7 heteroatoms. The molecule has 0 bridgehead atoms. The second-order valence-corrected chi connectivity index (χ2v) is 7.53. The van der Waals surface area contributed by atoms with Gasteiger partial charge < -0.3 is 10.4 Å². The molecule has 19 heavy (non-hydrogen) atoms. The van der Waals surface area contributed by atoms with Crippen molar-refractivity contribution < 1.29 is 23.1 Å². The third kappa shape index (κ3) is 3.92. The summed E-state index contributed by atoms with van der Waals surface area (Å²) >= 11 is 0. The number of sulfone groups is 1. The van der Waals surface area contributed by atoms with Gasteiger partial charge in [0, 0.05) is 0 Å². The zero-order valence-corrected chi connectivity index (χ0v) is 12.1. The molecule has 6 nitrogen and oxygen atoms in total. The van der Waals surface area contributed by atoms with Crippen LogP contribution in [0.1, 0.15) is 46.0 Å². The predicted octanol–water partition coefficient (Wildman–Crippen LogP) is 0.713. The van der Waals surface area contributed by atoms with Crippen LogP contribution in [0.2, 0.25) is 0 Å². The van der Waals surface area contributed by atoms with Crippen molar-refractivity contribution in [3.05, 3.63) is 0 Å². The number of nitrogens with one attached hydrogen (secondary N) is 1. The number of hydrogen-bond donors (Lipinski definition) is 2. The van der Waals surface area contributed by atoms with Crippen molar-refractivity contribution in [3.63, 3.8) is 0 Å². The minimum Gasteiger partial charge on any atom is -0.480 e. The zero-order valence-electron chi connectivity index (χ0n) is 11.3. The van der Waals surface area contributed by atoms with Crippen molar-refractivity contribution in [3.8, 4) is 0 Å². The quantitative estimate of drug-likeness (QED) is 0.750. The van der Waals surface area contributed by atoms with E-state index in [1.54, 1.807) is 6.92 Å². The number of carboxylic acid groups (broad SMARTS) is 1. The maximum Gasteiger partial charge on any atom is 0.329 e. The minimum atomic E-state index is -3.47. The van der Waals surface area contributed by atoms with Gasteiger partial charge in [0.05, 0.1) is 5.25 Å². The van der Waals surface area contributed by atoms with Gasteiger partial charge >= 0.3 is 5.97 Å². The summed E-state index contributed by atoms with van der Waals surface area (Å²) in [5.74, 6) is -2.53. The van der Waals surface area contributed by atoms with Crippen LogP contribution in [-0.2, 0) is 19.4 Å². The Hall–Kier alpha value is -1.11. The predicted molar refractivity (Wildman–Crippen MR) is 70.5 cm³/mol. The van der Waals surface area contributed by atoms with Gasteiger partial charge in [0.25, 0.3) is 0 Å². The molecule has 1 atom stereocenters. The number of carboxylic acids is 1. The van der Waals surface area contributed by atoms with Crippen LogP contribution in [0.4, 0.5) is 0 Å². The number of rotatable bonds is 6. The molecule has 1 amide bonds. The summed E-state index contributed by atoms with van der Waals surface area (Å²) in [7, 11) is -3.47. The summed E-state index contributed by atoms with van der Waals surface area (Å²) in [5.41, 5.74) is -1.41. The van der Waals surface area contributed by atoms with Crippen molar-refractivity contribution >= 4 is 21.7 Å². The molecule has 0 heterocycles. The molecule has 0 saturated heterocycles. The number of amides is 1. The van der Waals surface area contributed by atoms with Gasteiger partial charge in [-0.05, 0) is 26.2 Å². The third-order valence-electron chi connectivity index (χ3n) is 3.74. The highest BCUT2D eigenvalue weighted by Crippen LogP contribution is 2.25. The second kappa shape index (κ2) is 5.90. The van der Waals surface area contributed by atoms with Crippen LogP contribution in [0.15, 0.2) is 0 Å². The van der Waals surface area contributed by atoms with E-state index in [0.29, 0.717) is 12.8 Å². The number of carbonyl (C=O) groups excluding carboxylic acids is 1. The highest BCUT2D eigenvalue weighted by molar-refractivity contribution is 7.92. The van der Waals surface area contributed by atoms with Gasteiger partial charge in [0.2, 0.25) is 5.91 Å². The SMILES string of the molecule is CCC(C)(NC(=O)CS(=O)(=O)C1CCCC1)C(=O)O. The lowest BCUT2D eigenvalue weighted by molar-refractivity contribution is -0.146. The Labute approximate surface area is 113 Å². The van der Waals surface area contributed by atoms with E-state index in [-0.39, 0.29) is 6.42 Å². The normalized spacial score (nSPS) is 19.9. The van der Waals surface area contributed by atoms with Crippen LogP contribution in [0.25, 0.3) is 0 Å². The highest BCUT2D eigenvalue weighted by atomic mass is 32.2. The van der Waals surface area contributed by atoms with E-state index in [2.05, 4.69) is 5.32 Å². The van der Waals surface area contributed by atoms with Crippen molar-refractivity contribution in [2.45, 2.75) is 56.7 Å². The maximum absolute atomic E-state index is 12.0. The van der Waals surface area contributed by atoms with E-state index in [1.165, 1.54) is 6.92 Å². The Morgan fingerprint density at radius 2 is 1.84 bits per heavy atom. The Kier molecular flexibility index (Phi) is 4.95. The second-order valence-electron chi connectivity index (χ2n) is 5.25. The Morgan fingerprint density at radius 1 is 1.32 bits per heavy atom. The first-order valence-corrected chi connectivity index (χ1v) is 8.19. The highest BCUT2D eigenvalue weighted by Gasteiger charge is 2.36. The van der Waals surface area contributed by atoms with E-state index >= 15 is 0 Å². The van der Waals surface area contributed by atoms with Crippen molar-refractivity contribution in [1.82, 2.24) is 5.32 Å². The van der Waals surface area contributed by atoms with E-state index in [0.717, 1.165) is 12.8 Å². The fourth-order valence-electron chi connectivity index (χ4n) is 2.18. The molecule has 0 aliphatic heterocycles. The summed E-state index contributed by atoms with van der Waals surface area (Å²) in [5, 5.41) is 10.9. The van der Waals surface area contributed by atoms with Gasteiger partial charge in [0.1, 0.15) is 11.3 Å². The van der Waals surface area contributed by atoms with Crippen LogP contribution >= 0.6 is 0 Å². The van der Waals surface area contributed by atoms with Crippen LogP contribution in [0.5, 0.6) is 0 Å². The molecular weight excluding hydrogens is 270 g/mol. The zero-order chi connectivity index (χ0) is 14.7. The van der Waals surface area contributed by atoms with Crippen molar-refractivity contribution in [2.24, 2.45) is 0 Å². The molecule has 1 fully saturated rings. The van der Waals surface area contributed by atoms with Gasteiger partial charge in [0.15, 0.2) is 9.84 Å². The molecule has 1 saturated carbocycles. The third-order valence-corrected chi connectivity index (χ3v) is 5.89. The molecule has 1 unspecified atom stereocenters. The van der Waals surface area contributed by atoms with Gasteiger partial charge in [-0.25, -0.2) is 13.2 Å². The fourth-order valence-corrected chi connectivity index (χ4v) is 3.91. The first-order valence-electron chi connectivity index (χ1n) is 6.47. The molecule has 0 aromatic heterocycles. The lowest BCUT2D eigenvalue weighted by Gasteiger charge is -2.24. The number of aliphatic carboxylic acids is 1. The van der Waals surface area contributed by atoms with Gasteiger partial charge in [-0.15, -0.1) is 0 Å². The summed E-state index contributed by atoms with van der Waals surface area (Å²) < 4.78 is 24.0. The first kappa shape index (κ1) is 15.9. The molecule has 1 rings (SSSR count). The Balaban J connectivity index is 2.67. The van der Waals surface area contributed by atoms with Crippen LogP contribution in [-0.4, -0.2) is 41.9 Å². The average Bonchev–Trinajstić information content (AvgIpc) is 2.81. The topological polar surface area (TPSA) is 101 Å². The monoisotopic (exact) mass is 291 g/mol. The summed E-state index contributed by atoms with van der Waals surface area (Å²) in [6.07, 6.45) is 3.12. The van der Waals surface area contributed by atoms with Crippen LogP contribution < -0.4 is 5.32 Å². The molecule has 2 N–H and O–H groups in total. The van der Waals surface area contributed by atoms with E-state index in [9.17, 15) is 18.0 Å². The van der Waals surface area contributed by atoms with Gasteiger partial charge in [-0.3, -0.25) is 4.79 Å². The summed E-state index contributed by atoms with van der Waals surface area (Å²) in [6, 6.07) is 0. The largest absolute Gasteiger partial charge is 0.480 e. The molecule has 1 aliphatic rings. The Morgan fingerprint density at radius 3 is 2.26 bits per heavy atom. The van der Waals surface area contributed by atoms with Crippen molar-refractivity contribution in [1.29, 1.82) is 0 Å². The summed E-state index contributed by atoms with van der Waals surface area (Å²) in [6.45, 7) is 3.00. The average molecular weight is 291 g/mol. The van der Waals surface area contributed by atoms with Gasteiger partial charge in [-0.2, -0.15) is 0 Å². The lowest BCUT2D eigenvalue weighted by Crippen LogP contribution is -2.53. The van der Waals surface area contributed by atoms with E-state index < -0.39 is 38.3 Å². The fraction of sp³-hybridized carbons (Fsp3) is 0.833.